The quantitative estimate of drug-likeness (QED) is 0.784. The highest BCUT2D eigenvalue weighted by Gasteiger charge is 2.10. The largest absolute Gasteiger partial charge is 0.469 e. The Labute approximate surface area is 88.4 Å². The van der Waals surface area contributed by atoms with Crippen LogP contribution in [0.15, 0.2) is 16.7 Å². The van der Waals surface area contributed by atoms with E-state index >= 15 is 0 Å². The van der Waals surface area contributed by atoms with Crippen molar-refractivity contribution in [3.8, 4) is 0 Å². The van der Waals surface area contributed by atoms with Crippen LogP contribution in [0.25, 0.3) is 0 Å². The predicted molar refractivity (Wildman–Crippen MR) is 55.7 cm³/mol. The van der Waals surface area contributed by atoms with Gasteiger partial charge >= 0.3 is 0 Å². The van der Waals surface area contributed by atoms with E-state index in [0.29, 0.717) is 11.4 Å². The van der Waals surface area contributed by atoms with E-state index in [4.69, 9.17) is 16.0 Å². The maximum absolute atomic E-state index is 11.5. The minimum Gasteiger partial charge on any atom is -0.469 e. The SMILES string of the molecule is Cc1cc(C(=O)NC(C)CCCl)co1. The molecular weight excluding hydrogens is 202 g/mol. The van der Waals surface area contributed by atoms with E-state index < -0.39 is 0 Å². The number of hydrogen-bond donors (Lipinski definition) is 1. The molecule has 1 N–H and O–H groups in total. The Morgan fingerprint density at radius 1 is 1.71 bits per heavy atom. The summed E-state index contributed by atoms with van der Waals surface area (Å²) in [7, 11) is 0. The second-order valence-electron chi connectivity index (χ2n) is 3.30. The van der Waals surface area contributed by atoms with Gasteiger partial charge < -0.3 is 9.73 Å². The molecule has 0 fully saturated rings. The summed E-state index contributed by atoms with van der Waals surface area (Å²) in [6.45, 7) is 3.73. The summed E-state index contributed by atoms with van der Waals surface area (Å²) in [5.74, 6) is 1.17. The van der Waals surface area contributed by atoms with E-state index in [1.165, 1.54) is 6.26 Å². The monoisotopic (exact) mass is 215 g/mol. The summed E-state index contributed by atoms with van der Waals surface area (Å²) in [5, 5.41) is 2.83. The molecule has 1 unspecified atom stereocenters. The molecule has 0 saturated heterocycles. The third-order valence-electron chi connectivity index (χ3n) is 1.91. The lowest BCUT2D eigenvalue weighted by molar-refractivity contribution is 0.0939. The summed E-state index contributed by atoms with van der Waals surface area (Å²) in [6.07, 6.45) is 2.22. The van der Waals surface area contributed by atoms with Gasteiger partial charge in [-0.15, -0.1) is 11.6 Å². The minimum absolute atomic E-state index is 0.0928. The molecule has 1 heterocycles. The van der Waals surface area contributed by atoms with E-state index in [0.717, 1.165) is 12.2 Å². The van der Waals surface area contributed by atoms with Crippen LogP contribution in [0.3, 0.4) is 0 Å². The molecule has 0 bridgehead atoms. The highest BCUT2D eigenvalue weighted by molar-refractivity contribution is 6.17. The van der Waals surface area contributed by atoms with Gasteiger partial charge in [-0.3, -0.25) is 4.79 Å². The first-order chi connectivity index (χ1) is 6.63. The Balaban J connectivity index is 2.50. The topological polar surface area (TPSA) is 42.2 Å². The Hall–Kier alpha value is -0.960. The molecule has 0 spiro atoms. The van der Waals surface area contributed by atoms with Crippen molar-refractivity contribution in [2.24, 2.45) is 0 Å². The molecule has 0 saturated carbocycles. The highest BCUT2D eigenvalue weighted by Crippen LogP contribution is 2.06. The van der Waals surface area contributed by atoms with Crippen LogP contribution in [0.1, 0.15) is 29.5 Å². The van der Waals surface area contributed by atoms with E-state index in [9.17, 15) is 4.79 Å². The first kappa shape index (κ1) is 11.1. The molecule has 1 rings (SSSR count). The Morgan fingerprint density at radius 2 is 2.43 bits per heavy atom. The van der Waals surface area contributed by atoms with E-state index in [-0.39, 0.29) is 11.9 Å². The normalized spacial score (nSPS) is 12.5. The summed E-state index contributed by atoms with van der Waals surface area (Å²) in [4.78, 5) is 11.5. The molecule has 78 valence electrons. The number of nitrogens with one attached hydrogen (secondary N) is 1. The van der Waals surface area contributed by atoms with Crippen molar-refractivity contribution in [3.63, 3.8) is 0 Å². The molecule has 0 aliphatic rings. The lowest BCUT2D eigenvalue weighted by Crippen LogP contribution is -2.32. The number of furan rings is 1. The molecule has 1 aromatic heterocycles. The lowest BCUT2D eigenvalue weighted by atomic mass is 10.2. The average molecular weight is 216 g/mol. The second-order valence-corrected chi connectivity index (χ2v) is 3.68. The predicted octanol–water partition coefficient (Wildman–Crippen LogP) is 2.34. The summed E-state index contributed by atoms with van der Waals surface area (Å²) in [5.41, 5.74) is 0.559. The fourth-order valence-corrected chi connectivity index (χ4v) is 1.43. The first-order valence-electron chi connectivity index (χ1n) is 4.55. The van der Waals surface area contributed by atoms with Gasteiger partial charge in [-0.25, -0.2) is 0 Å². The van der Waals surface area contributed by atoms with E-state index in [1.54, 1.807) is 13.0 Å². The van der Waals surface area contributed by atoms with Crippen LogP contribution in [-0.2, 0) is 0 Å². The molecule has 1 aromatic rings. The number of rotatable bonds is 4. The van der Waals surface area contributed by atoms with Gasteiger partial charge in [-0.2, -0.15) is 0 Å². The molecule has 1 atom stereocenters. The molecule has 0 radical (unpaired) electrons. The molecule has 3 nitrogen and oxygen atoms in total. The Morgan fingerprint density at radius 3 is 2.93 bits per heavy atom. The van der Waals surface area contributed by atoms with Gasteiger partial charge in [0.05, 0.1) is 5.56 Å². The van der Waals surface area contributed by atoms with Gasteiger partial charge in [0.2, 0.25) is 0 Å². The van der Waals surface area contributed by atoms with Crippen molar-refractivity contribution in [1.82, 2.24) is 5.32 Å². The number of alkyl halides is 1. The first-order valence-corrected chi connectivity index (χ1v) is 5.09. The van der Waals surface area contributed by atoms with Crippen molar-refractivity contribution in [1.29, 1.82) is 0 Å². The number of aryl methyl sites for hydroxylation is 1. The van der Waals surface area contributed by atoms with Gasteiger partial charge in [0.1, 0.15) is 12.0 Å². The van der Waals surface area contributed by atoms with Gasteiger partial charge in [-0.05, 0) is 26.3 Å². The van der Waals surface area contributed by atoms with Crippen molar-refractivity contribution in [2.45, 2.75) is 26.3 Å². The second kappa shape index (κ2) is 5.05. The maximum Gasteiger partial charge on any atom is 0.254 e. The smallest absolute Gasteiger partial charge is 0.254 e. The van der Waals surface area contributed by atoms with E-state index in [2.05, 4.69) is 5.32 Å². The van der Waals surface area contributed by atoms with Crippen molar-refractivity contribution in [3.05, 3.63) is 23.7 Å². The van der Waals surface area contributed by atoms with E-state index in [1.807, 2.05) is 6.92 Å². The fraction of sp³-hybridized carbons (Fsp3) is 0.500. The Bertz CT molecular complexity index is 309. The van der Waals surface area contributed by atoms with Crippen LogP contribution in [0.2, 0.25) is 0 Å². The van der Waals surface area contributed by atoms with Gasteiger partial charge in [0.25, 0.3) is 5.91 Å². The number of amides is 1. The average Bonchev–Trinajstić information content (AvgIpc) is 2.52. The molecule has 0 aliphatic heterocycles. The van der Waals surface area contributed by atoms with Crippen LogP contribution in [0.4, 0.5) is 0 Å². The van der Waals surface area contributed by atoms with Crippen molar-refractivity contribution in [2.75, 3.05) is 5.88 Å². The van der Waals surface area contributed by atoms with Crippen LogP contribution in [0.5, 0.6) is 0 Å². The third kappa shape index (κ3) is 3.07. The maximum atomic E-state index is 11.5. The molecule has 0 aromatic carbocycles. The highest BCUT2D eigenvalue weighted by atomic mass is 35.5. The zero-order chi connectivity index (χ0) is 10.6. The van der Waals surface area contributed by atoms with Gasteiger partial charge in [-0.1, -0.05) is 0 Å². The summed E-state index contributed by atoms with van der Waals surface area (Å²) < 4.78 is 5.04. The zero-order valence-electron chi connectivity index (χ0n) is 8.34. The van der Waals surface area contributed by atoms with Crippen LogP contribution >= 0.6 is 11.6 Å². The molecule has 0 aliphatic carbocycles. The zero-order valence-corrected chi connectivity index (χ0v) is 9.10. The van der Waals surface area contributed by atoms with Crippen molar-refractivity contribution >= 4 is 17.5 Å². The summed E-state index contributed by atoms with van der Waals surface area (Å²) in [6, 6.07) is 1.80. The molecular formula is C10H14ClNO2. The van der Waals surface area contributed by atoms with Crippen LogP contribution < -0.4 is 5.32 Å². The third-order valence-corrected chi connectivity index (χ3v) is 2.13. The molecule has 4 heteroatoms. The molecule has 14 heavy (non-hydrogen) atoms. The number of hydrogen-bond acceptors (Lipinski definition) is 2. The van der Waals surface area contributed by atoms with Crippen molar-refractivity contribution < 1.29 is 9.21 Å². The number of carbonyl (C=O) groups excluding carboxylic acids is 1. The lowest BCUT2D eigenvalue weighted by Gasteiger charge is -2.10. The summed E-state index contributed by atoms with van der Waals surface area (Å²) >= 11 is 5.56. The van der Waals surface area contributed by atoms with Crippen LogP contribution in [-0.4, -0.2) is 17.8 Å². The van der Waals surface area contributed by atoms with Gasteiger partial charge in [0.15, 0.2) is 0 Å². The van der Waals surface area contributed by atoms with Gasteiger partial charge in [0, 0.05) is 11.9 Å². The number of carbonyl (C=O) groups is 1. The minimum atomic E-state index is -0.112. The fourth-order valence-electron chi connectivity index (χ4n) is 1.11. The Kier molecular flexibility index (Phi) is 4.01. The number of halogens is 1. The van der Waals surface area contributed by atoms with Crippen LogP contribution in [0, 0.1) is 6.92 Å². The molecule has 1 amide bonds. The standard InChI is InChI=1S/C10H14ClNO2/c1-7(3-4-11)12-10(13)9-5-8(2)14-6-9/h5-7H,3-4H2,1-2H3,(H,12,13).